The van der Waals surface area contributed by atoms with E-state index in [1.54, 1.807) is 4.72 Å². The predicted molar refractivity (Wildman–Crippen MR) is 53.6 cm³/mol. The van der Waals surface area contributed by atoms with Crippen LogP contribution in [-0.2, 0) is 10.0 Å². The van der Waals surface area contributed by atoms with Crippen molar-refractivity contribution in [3.63, 3.8) is 0 Å². The van der Waals surface area contributed by atoms with Gasteiger partial charge >= 0.3 is 0 Å². The molecule has 0 saturated carbocycles. The van der Waals surface area contributed by atoms with Crippen LogP contribution in [0.3, 0.4) is 0 Å². The van der Waals surface area contributed by atoms with Crippen LogP contribution in [-0.4, -0.2) is 32.6 Å². The summed E-state index contributed by atoms with van der Waals surface area (Å²) < 4.78 is 73.8. The molecule has 0 bridgehead atoms. The summed E-state index contributed by atoms with van der Waals surface area (Å²) in [4.78, 5) is -0.622. The van der Waals surface area contributed by atoms with Crippen molar-refractivity contribution in [3.05, 3.63) is 29.8 Å². The van der Waals surface area contributed by atoms with Gasteiger partial charge in [0.25, 0.3) is 6.43 Å². The van der Waals surface area contributed by atoms with Gasteiger partial charge in [-0.1, -0.05) is 0 Å². The van der Waals surface area contributed by atoms with Crippen LogP contribution in [0.4, 0.5) is 17.6 Å². The lowest BCUT2D eigenvalue weighted by Crippen LogP contribution is -2.35. The minimum Gasteiger partial charge on any atom is -0.386 e. The Balaban J connectivity index is 2.83. The SMILES string of the molecule is O=S(=O)(NCC(O)C(F)F)c1ccc(F)c(F)c1. The second-order valence-corrected chi connectivity index (χ2v) is 5.10. The van der Waals surface area contributed by atoms with Crippen LogP contribution >= 0.6 is 0 Å². The average molecular weight is 287 g/mol. The molecule has 0 fully saturated rings. The fraction of sp³-hybridized carbons (Fsp3) is 0.333. The van der Waals surface area contributed by atoms with Gasteiger partial charge in [-0.05, 0) is 18.2 Å². The monoisotopic (exact) mass is 287 g/mol. The van der Waals surface area contributed by atoms with Crippen LogP contribution in [0.25, 0.3) is 0 Å². The molecule has 0 amide bonds. The first-order valence-electron chi connectivity index (χ1n) is 4.65. The molecule has 9 heteroatoms. The zero-order chi connectivity index (χ0) is 13.9. The molecule has 0 saturated heterocycles. The van der Waals surface area contributed by atoms with E-state index in [4.69, 9.17) is 5.11 Å². The summed E-state index contributed by atoms with van der Waals surface area (Å²) in [5, 5.41) is 8.72. The Hall–Kier alpha value is -1.19. The van der Waals surface area contributed by atoms with E-state index in [0.717, 1.165) is 6.07 Å². The molecule has 0 aliphatic carbocycles. The smallest absolute Gasteiger partial charge is 0.265 e. The highest BCUT2D eigenvalue weighted by Gasteiger charge is 2.22. The summed E-state index contributed by atoms with van der Waals surface area (Å²) in [5.74, 6) is -2.62. The second kappa shape index (κ2) is 5.63. The fourth-order valence-electron chi connectivity index (χ4n) is 1.01. The molecule has 0 heterocycles. The summed E-state index contributed by atoms with van der Waals surface area (Å²) >= 11 is 0. The van der Waals surface area contributed by atoms with Crippen molar-refractivity contribution in [3.8, 4) is 0 Å². The minimum atomic E-state index is -4.28. The van der Waals surface area contributed by atoms with Crippen LogP contribution in [0, 0.1) is 11.6 Å². The van der Waals surface area contributed by atoms with Gasteiger partial charge in [0.05, 0.1) is 4.90 Å². The maximum atomic E-state index is 12.8. The lowest BCUT2D eigenvalue weighted by atomic mass is 10.3. The fourth-order valence-corrected chi connectivity index (χ4v) is 2.07. The first-order chi connectivity index (χ1) is 8.24. The highest BCUT2D eigenvalue weighted by Crippen LogP contribution is 2.13. The van der Waals surface area contributed by atoms with Crippen molar-refractivity contribution in [2.75, 3.05) is 6.54 Å². The maximum absolute atomic E-state index is 12.8. The molecule has 102 valence electrons. The van der Waals surface area contributed by atoms with Crippen LogP contribution in [0.1, 0.15) is 0 Å². The first-order valence-corrected chi connectivity index (χ1v) is 6.13. The number of hydrogen-bond donors (Lipinski definition) is 2. The zero-order valence-electron chi connectivity index (χ0n) is 8.78. The number of rotatable bonds is 5. The van der Waals surface area contributed by atoms with Crippen LogP contribution in [0.2, 0.25) is 0 Å². The van der Waals surface area contributed by atoms with E-state index in [1.165, 1.54) is 0 Å². The first kappa shape index (κ1) is 14.9. The molecule has 0 aliphatic heterocycles. The number of alkyl halides is 2. The summed E-state index contributed by atoms with van der Waals surface area (Å²) in [6.45, 7) is -0.932. The third kappa shape index (κ3) is 3.65. The molecule has 1 unspecified atom stereocenters. The Kier molecular flexibility index (Phi) is 4.65. The molecule has 18 heavy (non-hydrogen) atoms. The van der Waals surface area contributed by atoms with Crippen LogP contribution in [0.5, 0.6) is 0 Å². The number of halogens is 4. The van der Waals surface area contributed by atoms with E-state index in [0.29, 0.717) is 12.1 Å². The van der Waals surface area contributed by atoms with Gasteiger partial charge in [0, 0.05) is 6.54 Å². The Morgan fingerprint density at radius 2 is 1.83 bits per heavy atom. The number of nitrogens with one attached hydrogen (secondary N) is 1. The van der Waals surface area contributed by atoms with E-state index >= 15 is 0 Å². The molecule has 0 radical (unpaired) electrons. The van der Waals surface area contributed by atoms with Gasteiger partial charge < -0.3 is 5.11 Å². The predicted octanol–water partition coefficient (Wildman–Crippen LogP) is 0.869. The van der Waals surface area contributed by atoms with Gasteiger partial charge in [-0.3, -0.25) is 0 Å². The Bertz CT molecular complexity index is 521. The lowest BCUT2D eigenvalue weighted by Gasteiger charge is -2.11. The molecule has 2 N–H and O–H groups in total. The Morgan fingerprint density at radius 1 is 1.22 bits per heavy atom. The largest absolute Gasteiger partial charge is 0.386 e. The maximum Gasteiger partial charge on any atom is 0.265 e. The van der Waals surface area contributed by atoms with Crippen LogP contribution in [0.15, 0.2) is 23.1 Å². The quantitative estimate of drug-likeness (QED) is 0.790. The molecular weight excluding hydrogens is 278 g/mol. The molecular formula is C9H9F4NO3S. The topological polar surface area (TPSA) is 66.4 Å². The lowest BCUT2D eigenvalue weighted by molar-refractivity contribution is -0.000452. The van der Waals surface area contributed by atoms with Crippen molar-refractivity contribution in [1.29, 1.82) is 0 Å². The highest BCUT2D eigenvalue weighted by molar-refractivity contribution is 7.89. The zero-order valence-corrected chi connectivity index (χ0v) is 9.59. The molecule has 1 aromatic rings. The second-order valence-electron chi connectivity index (χ2n) is 3.33. The molecule has 0 aromatic heterocycles. The van der Waals surface area contributed by atoms with Gasteiger partial charge in [0.1, 0.15) is 6.10 Å². The normalized spacial score (nSPS) is 13.9. The molecule has 4 nitrogen and oxygen atoms in total. The van der Waals surface area contributed by atoms with Gasteiger partial charge in [-0.15, -0.1) is 0 Å². The number of aliphatic hydroxyl groups excluding tert-OH is 1. The standard InChI is InChI=1S/C9H9F4NO3S/c10-6-2-1-5(3-7(6)11)18(16,17)14-4-8(15)9(12)13/h1-3,8-9,14-15H,4H2. The van der Waals surface area contributed by atoms with E-state index < -0.39 is 45.6 Å². The summed E-state index contributed by atoms with van der Waals surface area (Å²) in [7, 11) is -4.28. The Morgan fingerprint density at radius 3 is 2.33 bits per heavy atom. The molecule has 1 rings (SSSR count). The molecule has 0 aliphatic rings. The average Bonchev–Trinajstić information content (AvgIpc) is 2.29. The number of sulfonamides is 1. The number of benzene rings is 1. The van der Waals surface area contributed by atoms with Crippen molar-refractivity contribution in [2.24, 2.45) is 0 Å². The van der Waals surface area contributed by atoms with Crippen molar-refractivity contribution < 1.29 is 31.1 Å². The van der Waals surface area contributed by atoms with Crippen molar-refractivity contribution >= 4 is 10.0 Å². The molecule has 0 spiro atoms. The van der Waals surface area contributed by atoms with Crippen molar-refractivity contribution in [1.82, 2.24) is 4.72 Å². The van der Waals surface area contributed by atoms with Gasteiger partial charge in [0.15, 0.2) is 11.6 Å². The number of aliphatic hydroxyl groups is 1. The van der Waals surface area contributed by atoms with E-state index in [9.17, 15) is 26.0 Å². The summed E-state index contributed by atoms with van der Waals surface area (Å²) in [6.07, 6.45) is -5.29. The van der Waals surface area contributed by atoms with Crippen LogP contribution < -0.4 is 4.72 Å². The highest BCUT2D eigenvalue weighted by atomic mass is 32.2. The van der Waals surface area contributed by atoms with Gasteiger partial charge in [-0.2, -0.15) is 0 Å². The summed E-state index contributed by atoms with van der Waals surface area (Å²) in [6, 6.07) is 1.77. The molecule has 1 aromatic carbocycles. The third-order valence-electron chi connectivity index (χ3n) is 1.97. The van der Waals surface area contributed by atoms with E-state index in [-0.39, 0.29) is 0 Å². The van der Waals surface area contributed by atoms with E-state index in [2.05, 4.69) is 0 Å². The minimum absolute atomic E-state index is 0.409. The summed E-state index contributed by atoms with van der Waals surface area (Å²) in [5.41, 5.74) is 0. The van der Waals surface area contributed by atoms with Crippen molar-refractivity contribution in [2.45, 2.75) is 17.4 Å². The number of hydrogen-bond acceptors (Lipinski definition) is 3. The van der Waals surface area contributed by atoms with E-state index in [1.807, 2.05) is 0 Å². The molecule has 1 atom stereocenters. The van der Waals surface area contributed by atoms with Gasteiger partial charge in [-0.25, -0.2) is 30.7 Å². The third-order valence-corrected chi connectivity index (χ3v) is 3.40. The van der Waals surface area contributed by atoms with Gasteiger partial charge in [0.2, 0.25) is 10.0 Å². The Labute approximate surface area is 100 Å².